The zero-order chi connectivity index (χ0) is 7.40. The van der Waals surface area contributed by atoms with Gasteiger partial charge in [-0.25, -0.2) is 0 Å². The molecule has 0 saturated carbocycles. The van der Waals surface area contributed by atoms with E-state index in [1.54, 1.807) is 0 Å². The van der Waals surface area contributed by atoms with Crippen molar-refractivity contribution in [3.8, 4) is 0 Å². The van der Waals surface area contributed by atoms with Crippen LogP contribution in [0.2, 0.25) is 0 Å². The Balaban J connectivity index is 2.25. The molecule has 1 heterocycles. The average Bonchev–Trinajstić information content (AvgIpc) is 2.38. The van der Waals surface area contributed by atoms with Crippen molar-refractivity contribution < 1.29 is 9.53 Å². The monoisotopic (exact) mass is 255 g/mol. The van der Waals surface area contributed by atoms with Gasteiger partial charge in [-0.2, -0.15) is 0 Å². The van der Waals surface area contributed by atoms with Crippen molar-refractivity contribution in [2.24, 2.45) is 0 Å². The number of hydrogen-bond acceptors (Lipinski definition) is 3. The Labute approximate surface area is 73.6 Å². The molecule has 0 aromatic heterocycles. The highest BCUT2D eigenvalue weighted by molar-refractivity contribution is 14.1. The van der Waals surface area contributed by atoms with Gasteiger partial charge in [-0.05, 0) is 42.0 Å². The maximum atomic E-state index is 11.0. The molecular weight excluding hydrogens is 245 g/mol. The van der Waals surface area contributed by atoms with E-state index in [4.69, 9.17) is 4.74 Å². The minimum atomic E-state index is -0.105. The second-order valence-corrected chi connectivity index (χ2v) is 2.84. The Kier molecular flexibility index (Phi) is 3.41. The summed E-state index contributed by atoms with van der Waals surface area (Å²) in [5, 5.41) is 3.06. The van der Waals surface area contributed by atoms with Gasteiger partial charge in [0.05, 0.1) is 0 Å². The normalized spacial score (nSPS) is 24.7. The molecule has 0 spiro atoms. The van der Waals surface area contributed by atoms with Crippen LogP contribution >= 0.6 is 22.6 Å². The summed E-state index contributed by atoms with van der Waals surface area (Å²) < 4.78 is 5.26. The van der Waals surface area contributed by atoms with Gasteiger partial charge in [0.2, 0.25) is 0 Å². The largest absolute Gasteiger partial charge is 0.454 e. The first kappa shape index (κ1) is 8.26. The number of carbonyl (C=O) groups excluding carboxylic acids is 1. The van der Waals surface area contributed by atoms with Crippen LogP contribution in [0.5, 0.6) is 0 Å². The number of alkyl halides is 1. The molecule has 1 aliphatic heterocycles. The molecule has 3 nitrogen and oxygen atoms in total. The Morgan fingerprint density at radius 2 is 2.60 bits per heavy atom. The van der Waals surface area contributed by atoms with E-state index >= 15 is 0 Å². The summed E-state index contributed by atoms with van der Waals surface area (Å²) in [5.74, 6) is -0.105. The summed E-state index contributed by atoms with van der Waals surface area (Å²) in [6.45, 7) is 0.945. The highest BCUT2D eigenvalue weighted by atomic mass is 127. The molecule has 0 aliphatic carbocycles. The SMILES string of the molecule is O=C(OCI)[C@@H]1CCCN1. The Morgan fingerprint density at radius 3 is 3.10 bits per heavy atom. The van der Waals surface area contributed by atoms with Gasteiger partial charge in [-0.15, -0.1) is 0 Å². The first-order valence-corrected chi connectivity index (χ1v) is 4.83. The first-order valence-electron chi connectivity index (χ1n) is 3.30. The lowest BCUT2D eigenvalue weighted by Crippen LogP contribution is -2.32. The molecule has 4 heteroatoms. The summed E-state index contributed by atoms with van der Waals surface area (Å²) in [6.07, 6.45) is 2.01. The topological polar surface area (TPSA) is 38.3 Å². The van der Waals surface area contributed by atoms with Gasteiger partial charge in [-0.3, -0.25) is 4.79 Å². The molecule has 58 valence electrons. The van der Waals surface area contributed by atoms with Crippen molar-refractivity contribution in [3.05, 3.63) is 0 Å². The highest BCUT2D eigenvalue weighted by Crippen LogP contribution is 2.06. The number of halogens is 1. The van der Waals surface area contributed by atoms with Crippen LogP contribution in [0.4, 0.5) is 0 Å². The molecule has 0 radical (unpaired) electrons. The van der Waals surface area contributed by atoms with Gasteiger partial charge in [0, 0.05) is 0 Å². The van der Waals surface area contributed by atoms with Gasteiger partial charge >= 0.3 is 5.97 Å². The average molecular weight is 255 g/mol. The fraction of sp³-hybridized carbons (Fsp3) is 0.833. The van der Waals surface area contributed by atoms with Gasteiger partial charge < -0.3 is 10.1 Å². The molecular formula is C6H10INO2. The first-order chi connectivity index (χ1) is 4.84. The van der Waals surface area contributed by atoms with Gasteiger partial charge in [-0.1, -0.05) is 0 Å². The van der Waals surface area contributed by atoms with Crippen molar-refractivity contribution in [3.63, 3.8) is 0 Å². The molecule has 1 rings (SSSR count). The summed E-state index contributed by atoms with van der Waals surface area (Å²) in [5.41, 5.74) is 0. The minimum Gasteiger partial charge on any atom is -0.454 e. The summed E-state index contributed by atoms with van der Waals surface area (Å²) in [7, 11) is 0. The van der Waals surface area contributed by atoms with E-state index in [9.17, 15) is 4.79 Å². The molecule has 1 atom stereocenters. The number of hydrogen-bond donors (Lipinski definition) is 1. The number of carbonyl (C=O) groups is 1. The smallest absolute Gasteiger partial charge is 0.323 e. The molecule has 0 aromatic rings. The van der Waals surface area contributed by atoms with Crippen LogP contribution in [0.1, 0.15) is 12.8 Å². The van der Waals surface area contributed by atoms with Crippen LogP contribution in [0, 0.1) is 0 Å². The summed E-state index contributed by atoms with van der Waals surface area (Å²) >= 11 is 2.02. The zero-order valence-electron chi connectivity index (χ0n) is 5.60. The molecule has 0 amide bonds. The van der Waals surface area contributed by atoms with E-state index in [-0.39, 0.29) is 12.0 Å². The molecule has 1 aliphatic rings. The second-order valence-electron chi connectivity index (χ2n) is 2.22. The molecule has 1 fully saturated rings. The second kappa shape index (κ2) is 4.12. The maximum Gasteiger partial charge on any atom is 0.323 e. The fourth-order valence-electron chi connectivity index (χ4n) is 1.04. The molecule has 0 unspecified atom stereocenters. The van der Waals surface area contributed by atoms with Crippen LogP contribution in [-0.2, 0) is 9.53 Å². The molecule has 0 bridgehead atoms. The van der Waals surface area contributed by atoms with Gasteiger partial charge in [0.1, 0.15) is 10.7 Å². The van der Waals surface area contributed by atoms with Crippen LogP contribution in [0.15, 0.2) is 0 Å². The summed E-state index contributed by atoms with van der Waals surface area (Å²) in [4.78, 5) is 11.0. The van der Waals surface area contributed by atoms with Gasteiger partial charge in [0.25, 0.3) is 0 Å². The highest BCUT2D eigenvalue weighted by Gasteiger charge is 2.22. The predicted molar refractivity (Wildman–Crippen MR) is 46.0 cm³/mol. The van der Waals surface area contributed by atoms with Crippen molar-refractivity contribution in [2.75, 3.05) is 11.2 Å². The van der Waals surface area contributed by atoms with Crippen LogP contribution in [0.25, 0.3) is 0 Å². The van der Waals surface area contributed by atoms with Crippen LogP contribution in [-0.4, -0.2) is 23.2 Å². The number of rotatable bonds is 2. The molecule has 0 aromatic carbocycles. The van der Waals surface area contributed by atoms with E-state index in [2.05, 4.69) is 5.32 Å². The van der Waals surface area contributed by atoms with E-state index in [0.29, 0.717) is 4.61 Å². The van der Waals surface area contributed by atoms with Crippen LogP contribution in [0.3, 0.4) is 0 Å². The predicted octanol–water partition coefficient (Wildman–Crippen LogP) is 0.674. The van der Waals surface area contributed by atoms with E-state index in [1.807, 2.05) is 22.6 Å². The quantitative estimate of drug-likeness (QED) is 0.448. The molecule has 1 saturated heterocycles. The third kappa shape index (κ3) is 2.09. The Morgan fingerprint density at radius 1 is 1.80 bits per heavy atom. The van der Waals surface area contributed by atoms with E-state index < -0.39 is 0 Å². The Hall–Kier alpha value is 0.160. The number of ether oxygens (including phenoxy) is 1. The summed E-state index contributed by atoms with van der Waals surface area (Å²) in [6, 6.07) is -0.0326. The maximum absolute atomic E-state index is 11.0. The van der Waals surface area contributed by atoms with E-state index in [0.717, 1.165) is 19.4 Å². The third-order valence-electron chi connectivity index (χ3n) is 1.54. The molecule has 10 heavy (non-hydrogen) atoms. The van der Waals surface area contributed by atoms with Crippen molar-refractivity contribution in [2.45, 2.75) is 18.9 Å². The van der Waals surface area contributed by atoms with Crippen molar-refractivity contribution in [1.82, 2.24) is 5.32 Å². The standard InChI is InChI=1S/C6H10INO2/c7-4-10-6(9)5-2-1-3-8-5/h5,8H,1-4H2/t5-/m0/s1. The minimum absolute atomic E-state index is 0.0326. The number of esters is 1. The number of nitrogens with one attached hydrogen (secondary N) is 1. The Bertz CT molecular complexity index is 123. The third-order valence-corrected chi connectivity index (χ3v) is 1.85. The molecule has 1 N–H and O–H groups in total. The van der Waals surface area contributed by atoms with Crippen molar-refractivity contribution in [1.29, 1.82) is 0 Å². The lowest BCUT2D eigenvalue weighted by atomic mass is 10.2. The van der Waals surface area contributed by atoms with Crippen molar-refractivity contribution >= 4 is 28.6 Å². The van der Waals surface area contributed by atoms with Crippen LogP contribution < -0.4 is 5.32 Å². The fourth-order valence-corrected chi connectivity index (χ4v) is 1.35. The lowest BCUT2D eigenvalue weighted by molar-refractivity contribution is -0.143. The van der Waals surface area contributed by atoms with Gasteiger partial charge in [0.15, 0.2) is 0 Å². The lowest BCUT2D eigenvalue weighted by Gasteiger charge is -2.06. The zero-order valence-corrected chi connectivity index (χ0v) is 7.76. The van der Waals surface area contributed by atoms with E-state index in [1.165, 1.54) is 0 Å².